The normalized spacial score (nSPS) is 18.0. The smallest absolute Gasteiger partial charge is 0.323 e. The van der Waals surface area contributed by atoms with Crippen molar-refractivity contribution in [1.82, 2.24) is 10.2 Å². The minimum absolute atomic E-state index is 0.0464. The number of nitrogens with zero attached hydrogens (tertiary/aromatic N) is 3. The number of ether oxygens (including phenoxy) is 2. The van der Waals surface area contributed by atoms with Gasteiger partial charge in [0, 0.05) is 16.8 Å². The van der Waals surface area contributed by atoms with Crippen LogP contribution in [-0.4, -0.2) is 40.3 Å². The van der Waals surface area contributed by atoms with Gasteiger partial charge in [-0.05, 0) is 36.8 Å². The van der Waals surface area contributed by atoms with Crippen molar-refractivity contribution in [3.05, 3.63) is 71.1 Å². The largest absolute Gasteiger partial charge is 0.494 e. The maximum atomic E-state index is 14.1. The highest BCUT2D eigenvalue weighted by Crippen LogP contribution is 2.56. The summed E-state index contributed by atoms with van der Waals surface area (Å²) in [4.78, 5) is 26.9. The molecule has 0 aliphatic carbocycles. The Kier molecular flexibility index (Phi) is 5.60. The van der Waals surface area contributed by atoms with E-state index in [1.165, 1.54) is 0 Å². The Morgan fingerprint density at radius 3 is 2.72 bits per heavy atom. The van der Waals surface area contributed by atoms with E-state index in [1.54, 1.807) is 24.3 Å². The van der Waals surface area contributed by atoms with Crippen LogP contribution in [0.1, 0.15) is 30.9 Å². The molecule has 2 aliphatic heterocycles. The first-order chi connectivity index (χ1) is 17.4. The number of nitrogens with one attached hydrogen (secondary N) is 1. The van der Waals surface area contributed by atoms with Crippen LogP contribution in [0.2, 0.25) is 0 Å². The Morgan fingerprint density at radius 2 is 2.03 bits per heavy atom. The first-order valence-electron chi connectivity index (χ1n) is 11.5. The molecule has 3 aromatic rings. The van der Waals surface area contributed by atoms with Gasteiger partial charge in [0.2, 0.25) is 17.7 Å². The number of carbonyl (C=O) groups is 2. The first-order valence-corrected chi connectivity index (χ1v) is 11.5. The summed E-state index contributed by atoms with van der Waals surface area (Å²) in [6.45, 7) is 2.11. The summed E-state index contributed by atoms with van der Waals surface area (Å²) in [5.74, 6) is -1.32. The van der Waals surface area contributed by atoms with Crippen LogP contribution in [0.15, 0.2) is 60.0 Å². The minimum atomic E-state index is -1.73. The highest BCUT2D eigenvalue weighted by Gasteiger charge is 2.61. The third kappa shape index (κ3) is 3.28. The summed E-state index contributed by atoms with van der Waals surface area (Å²) >= 11 is 0. The SMILES string of the molecule is CCCCOc1ccc(-c2[nH]nc3c2C2(C(=O)N(CC(=O)O)c4ccccc42)C(C#N)=C(N)O3)cc1. The van der Waals surface area contributed by atoms with E-state index >= 15 is 0 Å². The van der Waals surface area contributed by atoms with Gasteiger partial charge in [-0.3, -0.25) is 19.6 Å². The van der Waals surface area contributed by atoms with E-state index in [1.807, 2.05) is 24.3 Å². The predicted octanol–water partition coefficient (Wildman–Crippen LogP) is 3.06. The molecule has 1 aromatic heterocycles. The number of rotatable bonds is 7. The molecule has 3 heterocycles. The minimum Gasteiger partial charge on any atom is -0.494 e. The van der Waals surface area contributed by atoms with E-state index in [-0.39, 0.29) is 17.3 Å². The summed E-state index contributed by atoms with van der Waals surface area (Å²) in [5.41, 5.74) is 6.52. The molecule has 10 heteroatoms. The van der Waals surface area contributed by atoms with E-state index in [9.17, 15) is 20.0 Å². The Labute approximate surface area is 206 Å². The van der Waals surface area contributed by atoms with Crippen molar-refractivity contribution in [3.63, 3.8) is 0 Å². The maximum absolute atomic E-state index is 14.1. The zero-order valence-corrected chi connectivity index (χ0v) is 19.4. The topological polar surface area (TPSA) is 155 Å². The zero-order chi connectivity index (χ0) is 25.4. The van der Waals surface area contributed by atoms with Gasteiger partial charge in [-0.25, -0.2) is 0 Å². The van der Waals surface area contributed by atoms with Gasteiger partial charge in [-0.2, -0.15) is 5.26 Å². The summed E-state index contributed by atoms with van der Waals surface area (Å²) in [7, 11) is 0. The van der Waals surface area contributed by atoms with Crippen molar-refractivity contribution in [1.29, 1.82) is 5.26 Å². The van der Waals surface area contributed by atoms with Gasteiger partial charge >= 0.3 is 5.97 Å². The van der Waals surface area contributed by atoms with Crippen molar-refractivity contribution in [2.45, 2.75) is 25.2 Å². The standard InChI is InChI=1S/C26H23N5O5/c1-2-3-12-35-16-10-8-15(9-11-16)22-21-24(30-29-22)36-23(28)18(13-27)26(21)17-6-4-5-7-19(17)31(25(26)34)14-20(32)33/h4-11H,2-3,12,14,28H2,1H3,(H,29,30)(H,32,33). The molecular formula is C26H23N5O5. The molecule has 36 heavy (non-hydrogen) atoms. The average molecular weight is 486 g/mol. The highest BCUT2D eigenvalue weighted by atomic mass is 16.5. The molecule has 1 amide bonds. The number of para-hydroxylation sites is 1. The van der Waals surface area contributed by atoms with E-state index in [2.05, 4.69) is 23.2 Å². The number of carbonyl (C=O) groups excluding carboxylic acids is 1. The molecular weight excluding hydrogens is 462 g/mol. The molecule has 0 bridgehead atoms. The maximum Gasteiger partial charge on any atom is 0.323 e. The number of carboxylic acid groups (broad SMARTS) is 1. The fraction of sp³-hybridized carbons (Fsp3) is 0.231. The van der Waals surface area contributed by atoms with Crippen molar-refractivity contribution in [2.75, 3.05) is 18.1 Å². The number of nitrogens with two attached hydrogens (primary N) is 1. The van der Waals surface area contributed by atoms with Crippen LogP contribution in [0.3, 0.4) is 0 Å². The van der Waals surface area contributed by atoms with Crippen LogP contribution in [0.4, 0.5) is 5.69 Å². The van der Waals surface area contributed by atoms with Gasteiger partial charge in [0.1, 0.15) is 29.4 Å². The number of hydrogen-bond acceptors (Lipinski definition) is 7. The molecule has 0 saturated heterocycles. The number of carboxylic acids is 1. The summed E-state index contributed by atoms with van der Waals surface area (Å²) < 4.78 is 11.4. The second-order valence-corrected chi connectivity index (χ2v) is 8.51. The number of amides is 1. The number of unbranched alkanes of at least 4 members (excludes halogenated alkanes) is 1. The highest BCUT2D eigenvalue weighted by molar-refractivity contribution is 6.16. The number of aliphatic carboxylic acids is 1. The van der Waals surface area contributed by atoms with Crippen LogP contribution in [0.25, 0.3) is 11.3 Å². The molecule has 1 atom stereocenters. The fourth-order valence-corrected chi connectivity index (χ4v) is 4.84. The summed E-state index contributed by atoms with van der Waals surface area (Å²) in [6.07, 6.45) is 1.96. The molecule has 5 rings (SSSR count). The molecule has 10 nitrogen and oxygen atoms in total. The van der Waals surface area contributed by atoms with Crippen molar-refractivity contribution < 1.29 is 24.2 Å². The third-order valence-corrected chi connectivity index (χ3v) is 6.42. The Hall–Kier alpha value is -4.78. The van der Waals surface area contributed by atoms with Gasteiger partial charge in [0.15, 0.2) is 0 Å². The number of aromatic amines is 1. The van der Waals surface area contributed by atoms with Crippen LogP contribution < -0.4 is 20.1 Å². The Balaban J connectivity index is 1.71. The van der Waals surface area contributed by atoms with Gasteiger partial charge in [-0.1, -0.05) is 31.5 Å². The fourth-order valence-electron chi connectivity index (χ4n) is 4.84. The van der Waals surface area contributed by atoms with Crippen LogP contribution in [0.5, 0.6) is 11.6 Å². The summed E-state index contributed by atoms with van der Waals surface area (Å²) in [5, 5.41) is 26.9. The number of H-pyrrole nitrogens is 1. The lowest BCUT2D eigenvalue weighted by molar-refractivity contribution is -0.136. The molecule has 1 unspecified atom stereocenters. The second kappa shape index (κ2) is 8.78. The molecule has 2 aromatic carbocycles. The lowest BCUT2D eigenvalue weighted by Crippen LogP contribution is -2.47. The number of fused-ring (bicyclic) bond motifs is 4. The summed E-state index contributed by atoms with van der Waals surface area (Å²) in [6, 6.07) is 16.1. The first kappa shape index (κ1) is 23.0. The number of anilines is 1. The molecule has 182 valence electrons. The van der Waals surface area contributed by atoms with Gasteiger partial charge in [-0.15, -0.1) is 5.10 Å². The van der Waals surface area contributed by atoms with Crippen molar-refractivity contribution in [3.8, 4) is 29.0 Å². The second-order valence-electron chi connectivity index (χ2n) is 8.51. The molecule has 4 N–H and O–H groups in total. The third-order valence-electron chi connectivity index (χ3n) is 6.42. The molecule has 0 radical (unpaired) electrons. The number of aromatic nitrogens is 2. The van der Waals surface area contributed by atoms with Crippen LogP contribution in [-0.2, 0) is 15.0 Å². The van der Waals surface area contributed by atoms with Crippen LogP contribution >= 0.6 is 0 Å². The zero-order valence-electron chi connectivity index (χ0n) is 19.4. The lowest BCUT2D eigenvalue weighted by Gasteiger charge is -2.32. The molecule has 1 spiro atoms. The van der Waals surface area contributed by atoms with Crippen molar-refractivity contribution in [2.24, 2.45) is 5.73 Å². The van der Waals surface area contributed by atoms with Gasteiger partial charge in [0.25, 0.3) is 0 Å². The van der Waals surface area contributed by atoms with Crippen LogP contribution in [0, 0.1) is 11.3 Å². The quantitative estimate of drug-likeness (QED) is 0.431. The monoisotopic (exact) mass is 485 g/mol. The van der Waals surface area contributed by atoms with Gasteiger partial charge in [0.05, 0.1) is 17.9 Å². The number of hydrogen-bond donors (Lipinski definition) is 3. The Bertz CT molecular complexity index is 1440. The lowest BCUT2D eigenvalue weighted by atomic mass is 9.68. The van der Waals surface area contributed by atoms with E-state index in [0.29, 0.717) is 40.4 Å². The van der Waals surface area contributed by atoms with E-state index in [4.69, 9.17) is 15.2 Å². The van der Waals surface area contributed by atoms with Gasteiger partial charge < -0.3 is 20.3 Å². The predicted molar refractivity (Wildman–Crippen MR) is 129 cm³/mol. The molecule has 0 saturated carbocycles. The Morgan fingerprint density at radius 1 is 1.28 bits per heavy atom. The van der Waals surface area contributed by atoms with E-state index < -0.39 is 23.8 Å². The average Bonchev–Trinajstić information content (AvgIpc) is 3.39. The number of nitriles is 1. The van der Waals surface area contributed by atoms with E-state index in [0.717, 1.165) is 17.7 Å². The number of benzene rings is 2. The molecule has 2 aliphatic rings. The molecule has 0 fully saturated rings. The van der Waals surface area contributed by atoms with Crippen molar-refractivity contribution >= 4 is 17.6 Å².